The Kier molecular flexibility index (Phi) is 3.49. The van der Waals surface area contributed by atoms with Crippen LogP contribution in [0.15, 0.2) is 36.9 Å². The summed E-state index contributed by atoms with van der Waals surface area (Å²) in [5, 5.41) is 2.81. The highest BCUT2D eigenvalue weighted by Crippen LogP contribution is 1.96. The molecule has 0 atom stereocenters. The summed E-state index contributed by atoms with van der Waals surface area (Å²) >= 11 is 0. The molecule has 88 valence electrons. The van der Waals surface area contributed by atoms with Gasteiger partial charge in [0.15, 0.2) is 0 Å². The van der Waals surface area contributed by atoms with Crippen molar-refractivity contribution in [3.63, 3.8) is 0 Å². The summed E-state index contributed by atoms with van der Waals surface area (Å²) in [5.41, 5.74) is 1.40. The minimum Gasteiger partial charge on any atom is -0.350 e. The normalized spacial score (nSPS) is 10.2. The second-order valence-electron chi connectivity index (χ2n) is 3.75. The molecule has 0 aliphatic carbocycles. The van der Waals surface area contributed by atoms with Crippen molar-refractivity contribution in [3.05, 3.63) is 48.3 Å². The molecule has 0 saturated carbocycles. The summed E-state index contributed by atoms with van der Waals surface area (Å²) in [6.07, 6.45) is 6.01. The first-order chi connectivity index (χ1) is 8.25. The topological polar surface area (TPSA) is 59.8 Å². The molecule has 0 fully saturated rings. The number of aromatic nitrogens is 3. The number of nitrogens with zero attached hydrogens (tertiary/aromatic N) is 3. The molecule has 0 spiro atoms. The van der Waals surface area contributed by atoms with Crippen LogP contribution in [0.5, 0.6) is 0 Å². The minimum absolute atomic E-state index is 0.151. The number of amides is 1. The second kappa shape index (κ2) is 5.25. The highest BCUT2D eigenvalue weighted by molar-refractivity contribution is 5.92. The number of carbonyl (C=O) groups excluding carboxylic acids is 1. The molecule has 1 N–H and O–H groups in total. The van der Waals surface area contributed by atoms with Crippen molar-refractivity contribution in [1.82, 2.24) is 19.9 Å². The Hall–Kier alpha value is -2.17. The van der Waals surface area contributed by atoms with Crippen LogP contribution in [0.2, 0.25) is 0 Å². The van der Waals surface area contributed by atoms with E-state index < -0.39 is 0 Å². The Morgan fingerprint density at radius 3 is 2.94 bits per heavy atom. The molecule has 0 saturated heterocycles. The smallest absolute Gasteiger partial charge is 0.269 e. The van der Waals surface area contributed by atoms with Gasteiger partial charge in [-0.15, -0.1) is 0 Å². The molecule has 2 aromatic heterocycles. The van der Waals surface area contributed by atoms with E-state index in [1.807, 2.05) is 17.8 Å². The van der Waals surface area contributed by atoms with E-state index in [4.69, 9.17) is 0 Å². The summed E-state index contributed by atoms with van der Waals surface area (Å²) in [6, 6.07) is 5.27. The van der Waals surface area contributed by atoms with Gasteiger partial charge >= 0.3 is 0 Å². The van der Waals surface area contributed by atoms with Crippen molar-refractivity contribution >= 4 is 5.91 Å². The minimum atomic E-state index is -0.151. The third-order valence-electron chi connectivity index (χ3n) is 2.32. The Morgan fingerprint density at radius 2 is 2.29 bits per heavy atom. The van der Waals surface area contributed by atoms with Crippen LogP contribution >= 0.6 is 0 Å². The molecule has 0 aliphatic heterocycles. The summed E-state index contributed by atoms with van der Waals surface area (Å²) < 4.78 is 1.88. The van der Waals surface area contributed by atoms with Crippen LogP contribution in [-0.2, 0) is 13.5 Å². The average Bonchev–Trinajstić information content (AvgIpc) is 2.76. The number of imidazole rings is 1. The number of rotatable bonds is 4. The highest BCUT2D eigenvalue weighted by atomic mass is 16.1. The second-order valence-corrected chi connectivity index (χ2v) is 3.75. The molecular formula is C12H14N4O. The first kappa shape index (κ1) is 11.3. The molecule has 0 bridgehead atoms. The summed E-state index contributed by atoms with van der Waals surface area (Å²) in [7, 11) is 1.92. The van der Waals surface area contributed by atoms with Gasteiger partial charge in [0.2, 0.25) is 0 Å². The van der Waals surface area contributed by atoms with Gasteiger partial charge in [-0.05, 0) is 12.1 Å². The molecule has 2 aromatic rings. The third-order valence-corrected chi connectivity index (χ3v) is 2.32. The van der Waals surface area contributed by atoms with Crippen LogP contribution in [0.3, 0.4) is 0 Å². The number of hydrogen-bond acceptors (Lipinski definition) is 3. The molecule has 0 aliphatic rings. The lowest BCUT2D eigenvalue weighted by Gasteiger charge is -2.02. The summed E-state index contributed by atoms with van der Waals surface area (Å²) in [6.45, 7) is 0.562. The highest BCUT2D eigenvalue weighted by Gasteiger charge is 2.05. The van der Waals surface area contributed by atoms with Crippen LogP contribution in [0.4, 0.5) is 0 Å². The van der Waals surface area contributed by atoms with Crippen LogP contribution in [0.25, 0.3) is 0 Å². The maximum Gasteiger partial charge on any atom is 0.269 e. The third kappa shape index (κ3) is 3.14. The molecule has 0 radical (unpaired) electrons. The zero-order chi connectivity index (χ0) is 12.1. The molecule has 2 heterocycles. The molecule has 1 amide bonds. The summed E-state index contributed by atoms with van der Waals surface area (Å²) in [4.78, 5) is 19.8. The van der Waals surface area contributed by atoms with Crippen molar-refractivity contribution in [2.45, 2.75) is 6.42 Å². The largest absolute Gasteiger partial charge is 0.350 e. The number of pyridine rings is 1. The molecule has 5 heteroatoms. The lowest BCUT2D eigenvalue weighted by Crippen LogP contribution is -2.26. The van der Waals surface area contributed by atoms with E-state index in [0.29, 0.717) is 12.2 Å². The maximum atomic E-state index is 11.6. The maximum absolute atomic E-state index is 11.6. The van der Waals surface area contributed by atoms with Crippen LogP contribution in [0, 0.1) is 0 Å². The van der Waals surface area contributed by atoms with E-state index in [1.165, 1.54) is 0 Å². The van der Waals surface area contributed by atoms with E-state index in [-0.39, 0.29) is 5.91 Å². The van der Waals surface area contributed by atoms with E-state index in [9.17, 15) is 4.79 Å². The number of carbonyl (C=O) groups is 1. The standard InChI is InChI=1S/C12H14N4O/c1-16-8-10(15-9-16)5-7-14-12(17)11-4-2-3-6-13-11/h2-4,6,8-9H,5,7H2,1H3,(H,14,17). The van der Waals surface area contributed by atoms with Gasteiger partial charge in [-0.1, -0.05) is 6.07 Å². The first-order valence-corrected chi connectivity index (χ1v) is 5.42. The summed E-state index contributed by atoms with van der Waals surface area (Å²) in [5.74, 6) is -0.151. The van der Waals surface area contributed by atoms with Gasteiger partial charge in [-0.3, -0.25) is 9.78 Å². The fraction of sp³-hybridized carbons (Fsp3) is 0.250. The van der Waals surface area contributed by atoms with Gasteiger partial charge in [0, 0.05) is 32.4 Å². The Bertz CT molecular complexity index is 492. The zero-order valence-electron chi connectivity index (χ0n) is 9.63. The van der Waals surface area contributed by atoms with Gasteiger partial charge in [-0.25, -0.2) is 4.98 Å². The van der Waals surface area contributed by atoms with E-state index in [1.54, 1.807) is 30.7 Å². The van der Waals surface area contributed by atoms with Crippen molar-refractivity contribution in [3.8, 4) is 0 Å². The van der Waals surface area contributed by atoms with Crippen molar-refractivity contribution < 1.29 is 4.79 Å². The lowest BCUT2D eigenvalue weighted by molar-refractivity contribution is 0.0949. The average molecular weight is 230 g/mol. The first-order valence-electron chi connectivity index (χ1n) is 5.42. The molecule has 0 aromatic carbocycles. The molecular weight excluding hydrogens is 216 g/mol. The van der Waals surface area contributed by atoms with Crippen molar-refractivity contribution in [2.24, 2.45) is 7.05 Å². The molecule has 0 unspecified atom stereocenters. The van der Waals surface area contributed by atoms with Crippen LogP contribution in [0.1, 0.15) is 16.2 Å². The zero-order valence-corrected chi connectivity index (χ0v) is 9.63. The van der Waals surface area contributed by atoms with Crippen LogP contribution in [-0.4, -0.2) is 27.0 Å². The van der Waals surface area contributed by atoms with Crippen molar-refractivity contribution in [2.75, 3.05) is 6.54 Å². The Balaban J connectivity index is 1.81. The molecule has 5 nitrogen and oxygen atoms in total. The van der Waals surface area contributed by atoms with Gasteiger partial charge in [0.1, 0.15) is 5.69 Å². The van der Waals surface area contributed by atoms with E-state index in [2.05, 4.69) is 15.3 Å². The van der Waals surface area contributed by atoms with E-state index in [0.717, 1.165) is 12.1 Å². The number of nitrogens with one attached hydrogen (secondary N) is 1. The van der Waals surface area contributed by atoms with Gasteiger partial charge < -0.3 is 9.88 Å². The Morgan fingerprint density at radius 1 is 1.41 bits per heavy atom. The predicted octanol–water partition coefficient (Wildman–Crippen LogP) is 0.788. The van der Waals surface area contributed by atoms with Gasteiger partial charge in [-0.2, -0.15) is 0 Å². The Labute approximate surface area is 99.5 Å². The van der Waals surface area contributed by atoms with Crippen LogP contribution < -0.4 is 5.32 Å². The SMILES string of the molecule is Cn1cnc(CCNC(=O)c2ccccn2)c1. The van der Waals surface area contributed by atoms with Gasteiger partial charge in [0.25, 0.3) is 5.91 Å². The van der Waals surface area contributed by atoms with Gasteiger partial charge in [0.05, 0.1) is 12.0 Å². The van der Waals surface area contributed by atoms with Crippen molar-refractivity contribution in [1.29, 1.82) is 0 Å². The lowest BCUT2D eigenvalue weighted by atomic mass is 10.3. The quantitative estimate of drug-likeness (QED) is 0.844. The van der Waals surface area contributed by atoms with E-state index >= 15 is 0 Å². The molecule has 2 rings (SSSR count). The monoisotopic (exact) mass is 230 g/mol. The predicted molar refractivity (Wildman–Crippen MR) is 63.5 cm³/mol. The number of aryl methyl sites for hydroxylation is 1. The fourth-order valence-electron chi connectivity index (χ4n) is 1.49. The number of hydrogen-bond donors (Lipinski definition) is 1. The fourth-order valence-corrected chi connectivity index (χ4v) is 1.49. The molecule has 17 heavy (non-hydrogen) atoms.